The van der Waals surface area contributed by atoms with Crippen LogP contribution in [0.15, 0.2) is 84.9 Å². The van der Waals surface area contributed by atoms with Crippen molar-refractivity contribution in [3.8, 4) is 0 Å². The molecule has 0 aromatic heterocycles. The maximum absolute atomic E-state index is 14.0. The second kappa shape index (κ2) is 8.16. The van der Waals surface area contributed by atoms with E-state index in [2.05, 4.69) is 35.2 Å². The Morgan fingerprint density at radius 3 is 2.36 bits per heavy atom. The van der Waals surface area contributed by atoms with E-state index < -0.39 is 6.09 Å². The van der Waals surface area contributed by atoms with Crippen molar-refractivity contribution in [1.82, 2.24) is 9.80 Å². The third kappa shape index (κ3) is 3.53. The van der Waals surface area contributed by atoms with Crippen LogP contribution in [0.3, 0.4) is 0 Å². The fourth-order valence-corrected chi connectivity index (χ4v) is 5.80. The first-order chi connectivity index (χ1) is 16.2. The van der Waals surface area contributed by atoms with Crippen LogP contribution in [0.4, 0.5) is 4.79 Å². The van der Waals surface area contributed by atoms with Gasteiger partial charge in [0.15, 0.2) is 0 Å². The van der Waals surface area contributed by atoms with Crippen molar-refractivity contribution in [2.24, 2.45) is 5.92 Å². The molecule has 4 atom stereocenters. The molecule has 1 aliphatic carbocycles. The number of likely N-dealkylation sites (tertiary alicyclic amines) is 1. The number of hydrogen-bond donors (Lipinski definition) is 0. The molecule has 0 radical (unpaired) electrons. The van der Waals surface area contributed by atoms with Crippen LogP contribution >= 0.6 is 0 Å². The van der Waals surface area contributed by atoms with Gasteiger partial charge in [0.1, 0.15) is 12.1 Å². The van der Waals surface area contributed by atoms with E-state index in [-0.39, 0.29) is 29.9 Å². The average Bonchev–Trinajstić information content (AvgIpc) is 3.51. The van der Waals surface area contributed by atoms with E-state index in [0.717, 1.165) is 29.8 Å². The number of rotatable bonds is 4. The van der Waals surface area contributed by atoms with Gasteiger partial charge < -0.3 is 4.74 Å². The second-order valence-electron chi connectivity index (χ2n) is 9.28. The van der Waals surface area contributed by atoms with Crippen molar-refractivity contribution in [1.29, 1.82) is 0 Å². The standard InChI is InChI=1S/C28H26N2O3/c31-27(30-26-22-14-8-7-13-21(22)15-25(26)33-28(30)32)24-18-29(16-19-9-3-1-4-10-19)17-23(24)20-11-5-2-6-12-20/h1-14,23-26H,15-18H2/t23-,24+,25+,26-/m1/s1. The van der Waals surface area contributed by atoms with E-state index in [1.807, 2.05) is 54.6 Å². The Morgan fingerprint density at radius 1 is 0.879 bits per heavy atom. The Hall–Kier alpha value is -3.44. The van der Waals surface area contributed by atoms with Gasteiger partial charge in [0, 0.05) is 32.0 Å². The zero-order valence-electron chi connectivity index (χ0n) is 18.3. The molecule has 2 heterocycles. The first kappa shape index (κ1) is 20.2. The molecule has 3 aromatic rings. The molecule has 3 aromatic carbocycles. The number of nitrogens with zero attached hydrogens (tertiary/aromatic N) is 2. The van der Waals surface area contributed by atoms with Crippen LogP contribution in [0.5, 0.6) is 0 Å². The Labute approximate surface area is 193 Å². The minimum atomic E-state index is -0.502. The minimum absolute atomic E-state index is 0.0332. The van der Waals surface area contributed by atoms with Crippen molar-refractivity contribution in [2.75, 3.05) is 13.1 Å². The third-order valence-electron chi connectivity index (χ3n) is 7.30. The van der Waals surface area contributed by atoms with Gasteiger partial charge in [0.25, 0.3) is 0 Å². The molecule has 5 heteroatoms. The lowest BCUT2D eigenvalue weighted by molar-refractivity contribution is -0.133. The second-order valence-corrected chi connectivity index (χ2v) is 9.28. The Bertz CT molecular complexity index is 1180. The number of carbonyl (C=O) groups is 2. The number of carbonyl (C=O) groups excluding carboxylic acids is 2. The first-order valence-corrected chi connectivity index (χ1v) is 11.6. The highest BCUT2D eigenvalue weighted by Crippen LogP contribution is 2.45. The van der Waals surface area contributed by atoms with Gasteiger partial charge in [-0.1, -0.05) is 84.9 Å². The van der Waals surface area contributed by atoms with E-state index in [9.17, 15) is 9.59 Å². The number of benzene rings is 3. The number of amides is 2. The molecule has 0 unspecified atom stereocenters. The van der Waals surface area contributed by atoms with Gasteiger partial charge in [-0.3, -0.25) is 9.69 Å². The molecule has 0 bridgehead atoms. The summed E-state index contributed by atoms with van der Waals surface area (Å²) in [5, 5.41) is 0. The van der Waals surface area contributed by atoms with Crippen molar-refractivity contribution >= 4 is 12.0 Å². The summed E-state index contributed by atoms with van der Waals surface area (Å²) < 4.78 is 5.68. The van der Waals surface area contributed by atoms with E-state index in [4.69, 9.17) is 4.74 Å². The molecule has 0 saturated carbocycles. The largest absolute Gasteiger partial charge is 0.443 e. The summed E-state index contributed by atoms with van der Waals surface area (Å²) in [5.74, 6) is -0.380. The number of hydrogen-bond acceptors (Lipinski definition) is 4. The minimum Gasteiger partial charge on any atom is -0.443 e. The van der Waals surface area contributed by atoms with Crippen LogP contribution in [0.25, 0.3) is 0 Å². The lowest BCUT2D eigenvalue weighted by Gasteiger charge is -2.26. The summed E-state index contributed by atoms with van der Waals surface area (Å²) in [6.45, 7) is 2.19. The lowest BCUT2D eigenvalue weighted by atomic mass is 9.87. The number of ether oxygens (including phenoxy) is 1. The topological polar surface area (TPSA) is 49.9 Å². The zero-order chi connectivity index (χ0) is 22.4. The molecule has 2 aliphatic heterocycles. The SMILES string of the molecule is O=C1O[C@H]2Cc3ccccc3[C@H]2N1C(=O)[C@H]1CN(Cc2ccccc2)C[C@@H]1c1ccccc1. The van der Waals surface area contributed by atoms with Gasteiger partial charge in [-0.2, -0.15) is 0 Å². The average molecular weight is 439 g/mol. The predicted molar refractivity (Wildman–Crippen MR) is 124 cm³/mol. The summed E-state index contributed by atoms with van der Waals surface area (Å²) in [6, 6.07) is 28.3. The van der Waals surface area contributed by atoms with Gasteiger partial charge in [-0.05, 0) is 22.3 Å². The summed E-state index contributed by atoms with van der Waals surface area (Å²) >= 11 is 0. The normalized spacial score (nSPS) is 26.2. The van der Waals surface area contributed by atoms with Crippen LogP contribution in [-0.2, 0) is 22.5 Å². The van der Waals surface area contributed by atoms with Crippen LogP contribution in [-0.4, -0.2) is 41.0 Å². The van der Waals surface area contributed by atoms with Crippen molar-refractivity contribution < 1.29 is 14.3 Å². The van der Waals surface area contributed by atoms with E-state index >= 15 is 0 Å². The molecule has 6 rings (SSSR count). The van der Waals surface area contributed by atoms with Crippen molar-refractivity contribution in [2.45, 2.75) is 31.0 Å². The molecular weight excluding hydrogens is 412 g/mol. The summed E-state index contributed by atoms with van der Waals surface area (Å²) in [7, 11) is 0. The van der Waals surface area contributed by atoms with Crippen LogP contribution in [0.2, 0.25) is 0 Å². The Morgan fingerprint density at radius 2 is 1.58 bits per heavy atom. The van der Waals surface area contributed by atoms with Crippen molar-refractivity contribution in [3.05, 3.63) is 107 Å². The predicted octanol–water partition coefficient (Wildman–Crippen LogP) is 4.55. The highest BCUT2D eigenvalue weighted by Gasteiger charge is 2.53. The monoisotopic (exact) mass is 438 g/mol. The molecule has 2 amide bonds. The van der Waals surface area contributed by atoms with Gasteiger partial charge in [0.05, 0.1) is 5.92 Å². The number of fused-ring (bicyclic) bond motifs is 3. The smallest absolute Gasteiger partial charge is 0.417 e. The van der Waals surface area contributed by atoms with Crippen LogP contribution in [0.1, 0.15) is 34.2 Å². The quantitative estimate of drug-likeness (QED) is 0.600. The highest BCUT2D eigenvalue weighted by molar-refractivity contribution is 5.96. The van der Waals surface area contributed by atoms with Gasteiger partial charge in [-0.15, -0.1) is 0 Å². The molecule has 5 nitrogen and oxygen atoms in total. The van der Waals surface area contributed by atoms with Crippen LogP contribution in [0, 0.1) is 5.92 Å². The van der Waals surface area contributed by atoms with Gasteiger partial charge >= 0.3 is 6.09 Å². The fourth-order valence-electron chi connectivity index (χ4n) is 5.80. The summed E-state index contributed by atoms with van der Waals surface area (Å²) in [5.41, 5.74) is 4.57. The Balaban J connectivity index is 1.31. The number of imide groups is 1. The molecular formula is C28H26N2O3. The molecule has 0 N–H and O–H groups in total. The highest BCUT2D eigenvalue weighted by atomic mass is 16.6. The molecule has 166 valence electrons. The maximum atomic E-state index is 14.0. The van der Waals surface area contributed by atoms with Crippen LogP contribution < -0.4 is 0 Å². The molecule has 33 heavy (non-hydrogen) atoms. The Kier molecular flexibility index (Phi) is 4.99. The molecule has 3 aliphatic rings. The fraction of sp³-hybridized carbons (Fsp3) is 0.286. The summed E-state index contributed by atoms with van der Waals surface area (Å²) in [4.78, 5) is 30.6. The summed E-state index contributed by atoms with van der Waals surface area (Å²) in [6.07, 6.45) is -0.114. The lowest BCUT2D eigenvalue weighted by Crippen LogP contribution is -2.41. The molecule has 2 fully saturated rings. The molecule has 2 saturated heterocycles. The van der Waals surface area contributed by atoms with Gasteiger partial charge in [0.2, 0.25) is 5.91 Å². The van der Waals surface area contributed by atoms with E-state index in [0.29, 0.717) is 13.0 Å². The van der Waals surface area contributed by atoms with Gasteiger partial charge in [-0.25, -0.2) is 9.69 Å². The third-order valence-corrected chi connectivity index (χ3v) is 7.30. The van der Waals surface area contributed by atoms with E-state index in [1.54, 1.807) is 0 Å². The first-order valence-electron chi connectivity index (χ1n) is 11.6. The van der Waals surface area contributed by atoms with Crippen molar-refractivity contribution in [3.63, 3.8) is 0 Å². The molecule has 0 spiro atoms. The zero-order valence-corrected chi connectivity index (χ0v) is 18.3. The maximum Gasteiger partial charge on any atom is 0.417 e. The van der Waals surface area contributed by atoms with E-state index in [1.165, 1.54) is 10.5 Å².